The van der Waals surface area contributed by atoms with Gasteiger partial charge in [0, 0.05) is 5.56 Å². The van der Waals surface area contributed by atoms with Gasteiger partial charge in [0.05, 0.1) is 11.2 Å². The highest BCUT2D eigenvalue weighted by molar-refractivity contribution is 6.63. The van der Waals surface area contributed by atoms with Crippen molar-refractivity contribution >= 4 is 18.4 Å². The number of alkyl halides is 3. The highest BCUT2D eigenvalue weighted by atomic mass is 19.4. The lowest BCUT2D eigenvalue weighted by Gasteiger charge is -2.32. The van der Waals surface area contributed by atoms with Gasteiger partial charge in [-0.25, -0.2) is 0 Å². The minimum atomic E-state index is -4.93. The third kappa shape index (κ3) is 2.85. The van der Waals surface area contributed by atoms with Crippen LogP contribution in [0, 0.1) is 0 Å². The summed E-state index contributed by atoms with van der Waals surface area (Å²) in [4.78, 5) is 11.5. The molecule has 7 heteroatoms. The molecule has 0 atom stereocenters. The minimum Gasteiger partial charge on any atom is -0.399 e. The number of hydrogen-bond acceptors (Lipinski definition) is 3. The van der Waals surface area contributed by atoms with Crippen LogP contribution in [0.5, 0.6) is 0 Å². The topological polar surface area (TPSA) is 35.5 Å². The first-order valence-electron chi connectivity index (χ1n) is 6.52. The largest absolute Gasteiger partial charge is 0.495 e. The molecule has 1 fully saturated rings. The molecule has 3 nitrogen and oxygen atoms in total. The monoisotopic (exact) mass is 300 g/mol. The highest BCUT2D eigenvalue weighted by Gasteiger charge is 2.53. The van der Waals surface area contributed by atoms with Crippen molar-refractivity contribution < 1.29 is 27.3 Å². The summed E-state index contributed by atoms with van der Waals surface area (Å²) in [5.41, 5.74) is -1.72. The van der Waals surface area contributed by atoms with E-state index in [1.807, 2.05) is 0 Å². The molecule has 0 aromatic heterocycles. The van der Waals surface area contributed by atoms with Gasteiger partial charge in [-0.2, -0.15) is 13.2 Å². The van der Waals surface area contributed by atoms with Crippen molar-refractivity contribution in [3.8, 4) is 0 Å². The quantitative estimate of drug-likeness (QED) is 0.622. The van der Waals surface area contributed by atoms with Crippen molar-refractivity contribution in [3.63, 3.8) is 0 Å². The zero-order valence-corrected chi connectivity index (χ0v) is 12.2. The van der Waals surface area contributed by atoms with Crippen LogP contribution in [0.4, 0.5) is 13.2 Å². The van der Waals surface area contributed by atoms with Gasteiger partial charge < -0.3 is 9.31 Å². The van der Waals surface area contributed by atoms with Crippen molar-refractivity contribution in [2.24, 2.45) is 0 Å². The number of benzene rings is 1. The normalized spacial score (nSPS) is 20.6. The summed E-state index contributed by atoms with van der Waals surface area (Å²) in [5, 5.41) is 0. The first-order chi connectivity index (χ1) is 9.46. The van der Waals surface area contributed by atoms with E-state index in [1.165, 1.54) is 12.1 Å². The molecule has 1 aromatic rings. The Morgan fingerprint density at radius 3 is 2.00 bits per heavy atom. The Hall–Kier alpha value is -1.34. The second-order valence-corrected chi connectivity index (χ2v) is 6.00. The van der Waals surface area contributed by atoms with Crippen LogP contribution >= 0.6 is 0 Å². The SMILES string of the molecule is CC1(C)OB(c2ccccc2C(=O)C(F)(F)F)OC1(C)C. The van der Waals surface area contributed by atoms with Crippen molar-refractivity contribution in [3.05, 3.63) is 29.8 Å². The fourth-order valence-electron chi connectivity index (χ4n) is 2.03. The highest BCUT2D eigenvalue weighted by Crippen LogP contribution is 2.37. The summed E-state index contributed by atoms with van der Waals surface area (Å²) in [6.45, 7) is 7.17. The number of carbonyl (C=O) groups is 1. The maximum atomic E-state index is 12.7. The molecule has 1 aliphatic rings. The third-order valence-corrected chi connectivity index (χ3v) is 3.97. The van der Waals surface area contributed by atoms with E-state index < -0.39 is 35.8 Å². The summed E-state index contributed by atoms with van der Waals surface area (Å²) in [5.74, 6) is -1.90. The number of halogens is 3. The summed E-state index contributed by atoms with van der Waals surface area (Å²) in [6, 6.07) is 5.48. The number of rotatable bonds is 2. The van der Waals surface area contributed by atoms with Gasteiger partial charge in [-0.3, -0.25) is 4.79 Å². The van der Waals surface area contributed by atoms with Crippen LogP contribution in [0.1, 0.15) is 38.1 Å². The summed E-state index contributed by atoms with van der Waals surface area (Å²) < 4.78 is 49.4. The number of hydrogen-bond donors (Lipinski definition) is 0. The maximum Gasteiger partial charge on any atom is 0.495 e. The lowest BCUT2D eigenvalue weighted by molar-refractivity contribution is -0.0884. The number of ketones is 1. The van der Waals surface area contributed by atoms with E-state index in [0.29, 0.717) is 0 Å². The molecule has 0 N–H and O–H groups in total. The summed E-state index contributed by atoms with van der Waals surface area (Å²) in [6.07, 6.45) is -4.93. The van der Waals surface area contributed by atoms with Crippen LogP contribution in [-0.2, 0) is 9.31 Å². The van der Waals surface area contributed by atoms with Crippen LogP contribution in [0.2, 0.25) is 0 Å². The van der Waals surface area contributed by atoms with Gasteiger partial charge in [-0.05, 0) is 33.2 Å². The van der Waals surface area contributed by atoms with Gasteiger partial charge in [-0.1, -0.05) is 24.3 Å². The average Bonchev–Trinajstić information content (AvgIpc) is 2.56. The molecule has 0 unspecified atom stereocenters. The first kappa shape index (κ1) is 16.0. The van der Waals surface area contributed by atoms with E-state index in [4.69, 9.17) is 9.31 Å². The molecule has 0 radical (unpaired) electrons. The van der Waals surface area contributed by atoms with Crippen molar-refractivity contribution in [1.82, 2.24) is 0 Å². The molecule has 2 rings (SSSR count). The standard InChI is InChI=1S/C14H16BF3O3/c1-12(2)13(3,4)21-15(20-12)10-8-6-5-7-9(10)11(19)14(16,17)18/h5-8H,1-4H3. The zero-order valence-electron chi connectivity index (χ0n) is 12.2. The average molecular weight is 300 g/mol. The van der Waals surface area contributed by atoms with E-state index in [2.05, 4.69) is 0 Å². The van der Waals surface area contributed by atoms with E-state index in [9.17, 15) is 18.0 Å². The Kier molecular flexibility index (Phi) is 3.70. The minimum absolute atomic E-state index is 0.0958. The molecule has 0 saturated carbocycles. The second-order valence-electron chi connectivity index (χ2n) is 6.00. The number of Topliss-reactive ketones (excluding diaryl/α,β-unsaturated/α-hetero) is 1. The first-order valence-corrected chi connectivity index (χ1v) is 6.52. The molecule has 1 aromatic carbocycles. The third-order valence-electron chi connectivity index (χ3n) is 3.97. The van der Waals surface area contributed by atoms with Crippen molar-refractivity contribution in [1.29, 1.82) is 0 Å². The van der Waals surface area contributed by atoms with Crippen molar-refractivity contribution in [2.75, 3.05) is 0 Å². The van der Waals surface area contributed by atoms with E-state index in [1.54, 1.807) is 33.8 Å². The predicted octanol–water partition coefficient (Wildman–Crippen LogP) is 2.73. The molecule has 21 heavy (non-hydrogen) atoms. The maximum absolute atomic E-state index is 12.7. The van der Waals surface area contributed by atoms with Gasteiger partial charge in [0.15, 0.2) is 0 Å². The van der Waals surface area contributed by atoms with Gasteiger partial charge in [-0.15, -0.1) is 0 Å². The van der Waals surface area contributed by atoms with Gasteiger partial charge >= 0.3 is 13.3 Å². The summed E-state index contributed by atoms with van der Waals surface area (Å²) >= 11 is 0. The predicted molar refractivity (Wildman–Crippen MR) is 72.5 cm³/mol. The molecular formula is C14H16BF3O3. The Balaban J connectivity index is 2.42. The Labute approximate surface area is 121 Å². The molecule has 1 heterocycles. The Morgan fingerprint density at radius 2 is 1.52 bits per heavy atom. The van der Waals surface area contributed by atoms with Gasteiger partial charge in [0.25, 0.3) is 5.78 Å². The fraction of sp³-hybridized carbons (Fsp3) is 0.500. The fourth-order valence-corrected chi connectivity index (χ4v) is 2.03. The molecule has 1 aliphatic heterocycles. The molecule has 0 spiro atoms. The van der Waals surface area contributed by atoms with Crippen LogP contribution in [0.25, 0.3) is 0 Å². The number of carbonyl (C=O) groups excluding carboxylic acids is 1. The molecule has 0 aliphatic carbocycles. The van der Waals surface area contributed by atoms with Crippen LogP contribution in [-0.4, -0.2) is 30.3 Å². The smallest absolute Gasteiger partial charge is 0.399 e. The lowest BCUT2D eigenvalue weighted by Crippen LogP contribution is -2.41. The Morgan fingerprint density at radius 1 is 1.05 bits per heavy atom. The molecule has 114 valence electrons. The van der Waals surface area contributed by atoms with Crippen molar-refractivity contribution in [2.45, 2.75) is 45.1 Å². The second kappa shape index (κ2) is 4.85. The summed E-state index contributed by atoms with van der Waals surface area (Å²) in [7, 11) is -1.00. The molecular weight excluding hydrogens is 284 g/mol. The molecule has 0 amide bonds. The van der Waals surface area contributed by atoms with Gasteiger partial charge in [0.2, 0.25) is 0 Å². The van der Waals surface area contributed by atoms with E-state index >= 15 is 0 Å². The lowest BCUT2D eigenvalue weighted by atomic mass is 9.75. The van der Waals surface area contributed by atoms with Gasteiger partial charge in [0.1, 0.15) is 0 Å². The molecule has 0 bridgehead atoms. The van der Waals surface area contributed by atoms with Crippen LogP contribution < -0.4 is 5.46 Å². The zero-order chi connectivity index (χ0) is 16.1. The molecule has 1 saturated heterocycles. The van der Waals surface area contributed by atoms with Crippen LogP contribution in [0.3, 0.4) is 0 Å². The van der Waals surface area contributed by atoms with E-state index in [-0.39, 0.29) is 5.46 Å². The van der Waals surface area contributed by atoms with E-state index in [0.717, 1.165) is 6.07 Å². The van der Waals surface area contributed by atoms with Crippen LogP contribution in [0.15, 0.2) is 24.3 Å². The Bertz CT molecular complexity index is 551.